The van der Waals surface area contributed by atoms with Crippen LogP contribution in [0.1, 0.15) is 28.0 Å². The first kappa shape index (κ1) is 18.0. The topological polar surface area (TPSA) is 76.0 Å². The molecular formula is C22H22N4O2. The van der Waals surface area contributed by atoms with E-state index in [0.717, 1.165) is 41.9 Å². The molecule has 0 saturated heterocycles. The summed E-state index contributed by atoms with van der Waals surface area (Å²) in [4.78, 5) is 24.8. The number of nitrogens with zero attached hydrogens (tertiary/aromatic N) is 2. The summed E-state index contributed by atoms with van der Waals surface area (Å²) >= 11 is 0. The first-order chi connectivity index (χ1) is 13.7. The normalized spacial score (nSPS) is 12.4. The minimum absolute atomic E-state index is 0.110. The van der Waals surface area contributed by atoms with E-state index in [0.29, 0.717) is 18.7 Å². The molecule has 6 nitrogen and oxygen atoms in total. The van der Waals surface area contributed by atoms with E-state index in [1.54, 1.807) is 12.1 Å². The third kappa shape index (κ3) is 3.96. The van der Waals surface area contributed by atoms with Crippen molar-refractivity contribution in [2.75, 3.05) is 11.9 Å². The van der Waals surface area contributed by atoms with E-state index in [4.69, 9.17) is 0 Å². The summed E-state index contributed by atoms with van der Waals surface area (Å²) in [7, 11) is 0. The van der Waals surface area contributed by atoms with Gasteiger partial charge in [0.2, 0.25) is 0 Å². The zero-order valence-corrected chi connectivity index (χ0v) is 15.5. The Morgan fingerprint density at radius 3 is 2.68 bits per heavy atom. The van der Waals surface area contributed by atoms with E-state index >= 15 is 0 Å². The lowest BCUT2D eigenvalue weighted by Crippen LogP contribution is -2.32. The summed E-state index contributed by atoms with van der Waals surface area (Å²) in [5.74, 6) is -0.187. The van der Waals surface area contributed by atoms with Gasteiger partial charge >= 0.3 is 0 Å². The fourth-order valence-electron chi connectivity index (χ4n) is 3.44. The van der Waals surface area contributed by atoms with E-state index in [9.17, 15) is 9.59 Å². The van der Waals surface area contributed by atoms with Gasteiger partial charge in [0.05, 0.1) is 23.5 Å². The summed E-state index contributed by atoms with van der Waals surface area (Å²) in [5, 5.41) is 10.6. The maximum atomic E-state index is 12.7. The Labute approximate surface area is 163 Å². The molecule has 0 unspecified atom stereocenters. The first-order valence-electron chi connectivity index (χ1n) is 9.50. The van der Waals surface area contributed by atoms with Crippen LogP contribution in [0.3, 0.4) is 0 Å². The summed E-state index contributed by atoms with van der Waals surface area (Å²) in [6.07, 6.45) is 2.90. The number of hydrogen-bond acceptors (Lipinski definition) is 4. The van der Waals surface area contributed by atoms with Gasteiger partial charge in [-0.25, -0.2) is 4.68 Å². The van der Waals surface area contributed by atoms with Crippen molar-refractivity contribution < 1.29 is 4.79 Å². The Kier molecular flexibility index (Phi) is 5.19. The van der Waals surface area contributed by atoms with Crippen molar-refractivity contribution in [3.8, 4) is 0 Å². The van der Waals surface area contributed by atoms with Gasteiger partial charge in [-0.2, -0.15) is 5.10 Å². The highest BCUT2D eigenvalue weighted by Crippen LogP contribution is 2.20. The van der Waals surface area contributed by atoms with Crippen LogP contribution in [0.15, 0.2) is 65.5 Å². The Morgan fingerprint density at radius 2 is 1.82 bits per heavy atom. The highest BCUT2D eigenvalue weighted by atomic mass is 16.2. The third-order valence-corrected chi connectivity index (χ3v) is 4.86. The number of para-hydroxylation sites is 2. The predicted octanol–water partition coefficient (Wildman–Crippen LogP) is 2.91. The van der Waals surface area contributed by atoms with Crippen molar-refractivity contribution in [2.45, 2.75) is 25.8 Å². The number of carbonyl (C=O) groups is 1. The van der Waals surface area contributed by atoms with Crippen LogP contribution in [-0.2, 0) is 19.4 Å². The number of hydrogen-bond donors (Lipinski definition) is 2. The standard InChI is InChI=1S/C22H22N4O2/c27-21-15-16-7-6-12-19(16)25-26(21)14-13-23-22(28)18-10-4-5-11-20(18)24-17-8-2-1-3-9-17/h1-5,8-11,15,24H,6-7,12-14H2,(H,23,28). The van der Waals surface area contributed by atoms with Crippen LogP contribution in [0.4, 0.5) is 11.4 Å². The number of benzene rings is 2. The van der Waals surface area contributed by atoms with E-state index in [1.165, 1.54) is 4.68 Å². The molecule has 2 aromatic carbocycles. The molecule has 0 bridgehead atoms. The fourth-order valence-corrected chi connectivity index (χ4v) is 3.44. The number of amides is 1. The molecule has 0 fully saturated rings. The predicted molar refractivity (Wildman–Crippen MR) is 109 cm³/mol. The summed E-state index contributed by atoms with van der Waals surface area (Å²) in [6, 6.07) is 18.7. The second kappa shape index (κ2) is 8.08. The number of nitrogens with one attached hydrogen (secondary N) is 2. The van der Waals surface area contributed by atoms with Gasteiger partial charge in [0, 0.05) is 18.3 Å². The quantitative estimate of drug-likeness (QED) is 0.696. The van der Waals surface area contributed by atoms with Crippen molar-refractivity contribution in [3.05, 3.63) is 87.8 Å². The van der Waals surface area contributed by atoms with Crippen LogP contribution in [-0.4, -0.2) is 22.2 Å². The highest BCUT2D eigenvalue weighted by Gasteiger charge is 2.15. The van der Waals surface area contributed by atoms with Crippen LogP contribution >= 0.6 is 0 Å². The van der Waals surface area contributed by atoms with Crippen molar-refractivity contribution in [1.29, 1.82) is 0 Å². The monoisotopic (exact) mass is 374 g/mol. The maximum Gasteiger partial charge on any atom is 0.267 e. The van der Waals surface area contributed by atoms with Crippen LogP contribution in [0.5, 0.6) is 0 Å². The van der Waals surface area contributed by atoms with Crippen LogP contribution in [0.25, 0.3) is 0 Å². The van der Waals surface area contributed by atoms with Crippen molar-refractivity contribution in [3.63, 3.8) is 0 Å². The number of aryl methyl sites for hydroxylation is 2. The molecule has 1 heterocycles. The van der Waals surface area contributed by atoms with Crippen molar-refractivity contribution in [2.24, 2.45) is 0 Å². The second-order valence-corrected chi connectivity index (χ2v) is 6.82. The van der Waals surface area contributed by atoms with Crippen LogP contribution in [0.2, 0.25) is 0 Å². The first-order valence-corrected chi connectivity index (χ1v) is 9.50. The van der Waals surface area contributed by atoms with Gasteiger partial charge < -0.3 is 10.6 Å². The smallest absolute Gasteiger partial charge is 0.267 e. The Balaban J connectivity index is 1.41. The Morgan fingerprint density at radius 1 is 1.04 bits per heavy atom. The van der Waals surface area contributed by atoms with Gasteiger partial charge in [-0.05, 0) is 49.1 Å². The zero-order chi connectivity index (χ0) is 19.3. The number of aromatic nitrogens is 2. The highest BCUT2D eigenvalue weighted by molar-refractivity contribution is 6.00. The number of carbonyl (C=O) groups excluding carboxylic acids is 1. The molecular weight excluding hydrogens is 352 g/mol. The average Bonchev–Trinajstić information content (AvgIpc) is 3.16. The lowest BCUT2D eigenvalue weighted by molar-refractivity contribution is 0.0952. The molecule has 1 aliphatic rings. The maximum absolute atomic E-state index is 12.7. The molecule has 0 spiro atoms. The minimum atomic E-state index is -0.187. The number of anilines is 2. The fraction of sp³-hybridized carbons (Fsp3) is 0.227. The number of rotatable bonds is 6. The average molecular weight is 374 g/mol. The van der Waals surface area contributed by atoms with Crippen molar-refractivity contribution in [1.82, 2.24) is 15.1 Å². The molecule has 3 aromatic rings. The molecule has 1 amide bonds. The molecule has 28 heavy (non-hydrogen) atoms. The number of fused-ring (bicyclic) bond motifs is 1. The van der Waals surface area contributed by atoms with E-state index in [-0.39, 0.29) is 11.5 Å². The molecule has 6 heteroatoms. The second-order valence-electron chi connectivity index (χ2n) is 6.82. The molecule has 0 saturated carbocycles. The van der Waals surface area contributed by atoms with Gasteiger partial charge in [0.25, 0.3) is 11.5 Å². The molecule has 0 aliphatic heterocycles. The summed E-state index contributed by atoms with van der Waals surface area (Å²) in [6.45, 7) is 0.691. The Hall–Kier alpha value is -3.41. The van der Waals surface area contributed by atoms with Crippen LogP contribution in [0, 0.1) is 0 Å². The van der Waals surface area contributed by atoms with Gasteiger partial charge in [-0.15, -0.1) is 0 Å². The van der Waals surface area contributed by atoms with Crippen molar-refractivity contribution >= 4 is 17.3 Å². The SMILES string of the molecule is O=C(NCCn1nc2c(cc1=O)CCC2)c1ccccc1Nc1ccccc1. The molecule has 0 radical (unpaired) electrons. The van der Waals surface area contributed by atoms with E-state index < -0.39 is 0 Å². The molecule has 0 atom stereocenters. The summed E-state index contributed by atoms with van der Waals surface area (Å²) < 4.78 is 1.44. The third-order valence-electron chi connectivity index (χ3n) is 4.86. The van der Waals surface area contributed by atoms with E-state index in [2.05, 4.69) is 15.7 Å². The molecule has 1 aromatic heterocycles. The van der Waals surface area contributed by atoms with Gasteiger partial charge in [-0.1, -0.05) is 30.3 Å². The lowest BCUT2D eigenvalue weighted by Gasteiger charge is -2.13. The minimum Gasteiger partial charge on any atom is -0.355 e. The molecule has 1 aliphatic carbocycles. The molecule has 142 valence electrons. The van der Waals surface area contributed by atoms with E-state index in [1.807, 2.05) is 48.5 Å². The molecule has 2 N–H and O–H groups in total. The van der Waals surface area contributed by atoms with Gasteiger partial charge in [-0.3, -0.25) is 9.59 Å². The summed E-state index contributed by atoms with van der Waals surface area (Å²) in [5.41, 5.74) is 4.16. The zero-order valence-electron chi connectivity index (χ0n) is 15.5. The Bertz CT molecular complexity index is 1040. The van der Waals surface area contributed by atoms with Gasteiger partial charge in [0.1, 0.15) is 0 Å². The lowest BCUT2D eigenvalue weighted by atomic mass is 10.1. The van der Waals surface area contributed by atoms with Gasteiger partial charge in [0.15, 0.2) is 0 Å². The van der Waals surface area contributed by atoms with Crippen LogP contribution < -0.4 is 16.2 Å². The molecule has 4 rings (SSSR count). The largest absolute Gasteiger partial charge is 0.355 e.